The van der Waals surface area contributed by atoms with Crippen molar-refractivity contribution < 1.29 is 21.8 Å². The summed E-state index contributed by atoms with van der Waals surface area (Å²) in [5.74, 6) is 0. The van der Waals surface area contributed by atoms with Crippen molar-refractivity contribution >= 4 is 37.3 Å². The molecule has 134 valence electrons. The Labute approximate surface area is 148 Å². The zero-order valence-electron chi connectivity index (χ0n) is 12.4. The van der Waals surface area contributed by atoms with Crippen molar-refractivity contribution in [2.24, 2.45) is 5.14 Å². The van der Waals surface area contributed by atoms with Gasteiger partial charge in [0.15, 0.2) is 0 Å². The molecule has 0 aromatic heterocycles. The smallest absolute Gasteiger partial charge is 0.258 e. The highest BCUT2D eigenvalue weighted by atomic mass is 35.5. The van der Waals surface area contributed by atoms with E-state index < -0.39 is 30.7 Å². The second-order valence-electron chi connectivity index (χ2n) is 4.88. The third kappa shape index (κ3) is 4.74. The van der Waals surface area contributed by atoms with Crippen molar-refractivity contribution in [1.29, 1.82) is 0 Å². The van der Waals surface area contributed by atoms with Gasteiger partial charge in [-0.3, -0.25) is 10.1 Å². The summed E-state index contributed by atoms with van der Waals surface area (Å²) in [7, 11) is -7.86. The van der Waals surface area contributed by atoms with E-state index in [1.807, 2.05) is 0 Å². The Bertz CT molecular complexity index is 1020. The highest BCUT2D eigenvalue weighted by Crippen LogP contribution is 2.27. The van der Waals surface area contributed by atoms with Crippen LogP contribution in [0.3, 0.4) is 0 Å². The second-order valence-corrected chi connectivity index (χ2v) is 8.62. The van der Waals surface area contributed by atoms with E-state index in [-0.39, 0.29) is 21.4 Å². The fourth-order valence-corrected chi connectivity index (χ4v) is 3.60. The zero-order chi connectivity index (χ0) is 18.8. The van der Waals surface area contributed by atoms with E-state index in [0.29, 0.717) is 5.56 Å². The lowest BCUT2D eigenvalue weighted by molar-refractivity contribution is -0.384. The van der Waals surface area contributed by atoms with Gasteiger partial charge in [0.05, 0.1) is 14.7 Å². The predicted octanol–water partition coefficient (Wildman–Crippen LogP) is 1.37. The molecule has 12 heteroatoms. The Morgan fingerprint density at radius 1 is 1.04 bits per heavy atom. The van der Waals surface area contributed by atoms with Crippen LogP contribution in [0.2, 0.25) is 5.02 Å². The summed E-state index contributed by atoms with van der Waals surface area (Å²) in [5.41, 5.74) is -0.0542. The second kappa shape index (κ2) is 7.06. The van der Waals surface area contributed by atoms with Crippen LogP contribution in [0, 0.1) is 10.1 Å². The summed E-state index contributed by atoms with van der Waals surface area (Å²) in [5, 5.41) is 15.6. The van der Waals surface area contributed by atoms with E-state index >= 15 is 0 Å². The number of halogens is 1. The molecule has 0 aliphatic rings. The Hall–Kier alpha value is -2.05. The van der Waals surface area contributed by atoms with Gasteiger partial charge in [0.2, 0.25) is 20.0 Å². The molecular formula is C13H12ClN3O6S2. The van der Waals surface area contributed by atoms with E-state index in [0.717, 1.165) is 18.2 Å². The number of nitrogens with one attached hydrogen (secondary N) is 1. The van der Waals surface area contributed by atoms with Crippen LogP contribution in [0.15, 0.2) is 52.3 Å². The number of benzene rings is 2. The third-order valence-electron chi connectivity index (χ3n) is 3.14. The van der Waals surface area contributed by atoms with Gasteiger partial charge in [-0.05, 0) is 29.8 Å². The quantitative estimate of drug-likeness (QED) is 0.547. The summed E-state index contributed by atoms with van der Waals surface area (Å²) in [6, 6.07) is 8.39. The largest absolute Gasteiger partial charge is 0.289 e. The Morgan fingerprint density at radius 3 is 2.12 bits per heavy atom. The van der Waals surface area contributed by atoms with E-state index in [1.165, 1.54) is 24.3 Å². The first-order chi connectivity index (χ1) is 11.5. The van der Waals surface area contributed by atoms with Crippen LogP contribution in [0.1, 0.15) is 5.56 Å². The average Bonchev–Trinajstić information content (AvgIpc) is 2.52. The number of nitro benzene ring substituents is 1. The number of nitrogens with two attached hydrogens (primary N) is 1. The van der Waals surface area contributed by atoms with Crippen molar-refractivity contribution in [1.82, 2.24) is 4.72 Å². The molecule has 0 amide bonds. The lowest BCUT2D eigenvalue weighted by Gasteiger charge is -2.08. The summed E-state index contributed by atoms with van der Waals surface area (Å²) < 4.78 is 49.0. The molecule has 0 saturated carbocycles. The molecule has 0 heterocycles. The summed E-state index contributed by atoms with van der Waals surface area (Å²) in [6.07, 6.45) is 0. The zero-order valence-corrected chi connectivity index (χ0v) is 14.8. The topological polar surface area (TPSA) is 149 Å². The van der Waals surface area contributed by atoms with Crippen molar-refractivity contribution in [3.8, 4) is 0 Å². The van der Waals surface area contributed by atoms with E-state index in [1.54, 1.807) is 0 Å². The Kier molecular flexibility index (Phi) is 5.44. The molecule has 2 aromatic rings. The minimum Gasteiger partial charge on any atom is -0.258 e. The average molecular weight is 406 g/mol. The number of rotatable bonds is 6. The first-order valence-corrected chi connectivity index (χ1v) is 9.97. The lowest BCUT2D eigenvalue weighted by Crippen LogP contribution is -2.23. The molecule has 0 atom stereocenters. The number of sulfonamides is 2. The molecule has 0 spiro atoms. The number of primary sulfonamides is 1. The fraction of sp³-hybridized carbons (Fsp3) is 0.0769. The SMILES string of the molecule is NS(=O)(=O)c1ccc(CNS(=O)(=O)c2ccc(Cl)c([N+](=O)[O-])c2)cc1. The van der Waals surface area contributed by atoms with Crippen LogP contribution in [0.25, 0.3) is 0 Å². The summed E-state index contributed by atoms with van der Waals surface area (Å²) in [4.78, 5) is 9.64. The van der Waals surface area contributed by atoms with Gasteiger partial charge in [-0.2, -0.15) is 0 Å². The molecule has 0 unspecified atom stereocenters. The van der Waals surface area contributed by atoms with Crippen LogP contribution < -0.4 is 9.86 Å². The molecular weight excluding hydrogens is 394 g/mol. The van der Waals surface area contributed by atoms with Gasteiger partial charge in [-0.1, -0.05) is 23.7 Å². The van der Waals surface area contributed by atoms with Crippen LogP contribution in [-0.4, -0.2) is 21.8 Å². The lowest BCUT2D eigenvalue weighted by atomic mass is 10.2. The first kappa shape index (κ1) is 19.3. The number of nitro groups is 1. The van der Waals surface area contributed by atoms with E-state index in [2.05, 4.69) is 4.72 Å². The van der Waals surface area contributed by atoms with Crippen LogP contribution in [-0.2, 0) is 26.6 Å². The molecule has 2 aromatic carbocycles. The standard InChI is InChI=1S/C13H12ClN3O6S2/c14-12-6-5-11(7-13(12)17(18)19)25(22,23)16-8-9-1-3-10(4-2-9)24(15,20)21/h1-7,16H,8H2,(H2,15,20,21). The minimum atomic E-state index is -4.03. The van der Waals surface area contributed by atoms with Gasteiger partial charge in [0, 0.05) is 12.6 Å². The van der Waals surface area contributed by atoms with Gasteiger partial charge in [-0.15, -0.1) is 0 Å². The maximum Gasteiger partial charge on any atom is 0.289 e. The monoisotopic (exact) mass is 405 g/mol. The van der Waals surface area contributed by atoms with Gasteiger partial charge in [0.25, 0.3) is 5.69 Å². The van der Waals surface area contributed by atoms with Crippen LogP contribution in [0.5, 0.6) is 0 Å². The molecule has 0 bridgehead atoms. The fourth-order valence-electron chi connectivity index (χ4n) is 1.86. The molecule has 3 N–H and O–H groups in total. The molecule has 0 aliphatic heterocycles. The van der Waals surface area contributed by atoms with Crippen LogP contribution >= 0.6 is 11.6 Å². The van der Waals surface area contributed by atoms with Crippen LogP contribution in [0.4, 0.5) is 5.69 Å². The summed E-state index contributed by atoms with van der Waals surface area (Å²) >= 11 is 5.65. The molecule has 0 fully saturated rings. The molecule has 9 nitrogen and oxygen atoms in total. The Balaban J connectivity index is 2.20. The van der Waals surface area contributed by atoms with Gasteiger partial charge >= 0.3 is 0 Å². The highest BCUT2D eigenvalue weighted by molar-refractivity contribution is 7.89. The molecule has 0 saturated heterocycles. The van der Waals surface area contributed by atoms with Crippen molar-refractivity contribution in [2.45, 2.75) is 16.3 Å². The predicted molar refractivity (Wildman–Crippen MR) is 89.9 cm³/mol. The number of hydrogen-bond donors (Lipinski definition) is 2. The van der Waals surface area contributed by atoms with Gasteiger partial charge < -0.3 is 0 Å². The normalized spacial score (nSPS) is 12.1. The van der Waals surface area contributed by atoms with Gasteiger partial charge in [0.1, 0.15) is 5.02 Å². The Morgan fingerprint density at radius 2 is 1.60 bits per heavy atom. The first-order valence-electron chi connectivity index (χ1n) is 6.56. The van der Waals surface area contributed by atoms with Crippen molar-refractivity contribution in [3.05, 3.63) is 63.2 Å². The molecule has 0 radical (unpaired) electrons. The van der Waals surface area contributed by atoms with E-state index in [9.17, 15) is 26.9 Å². The molecule has 0 aliphatic carbocycles. The number of nitrogens with zero attached hydrogens (tertiary/aromatic N) is 1. The maximum atomic E-state index is 12.2. The minimum absolute atomic E-state index is 0.104. The van der Waals surface area contributed by atoms with Crippen molar-refractivity contribution in [2.75, 3.05) is 0 Å². The van der Waals surface area contributed by atoms with E-state index in [4.69, 9.17) is 16.7 Å². The molecule has 25 heavy (non-hydrogen) atoms. The third-order valence-corrected chi connectivity index (χ3v) is 5.79. The van der Waals surface area contributed by atoms with Gasteiger partial charge in [-0.25, -0.2) is 26.7 Å². The number of hydrogen-bond acceptors (Lipinski definition) is 6. The van der Waals surface area contributed by atoms with Crippen molar-refractivity contribution in [3.63, 3.8) is 0 Å². The molecule has 2 rings (SSSR count). The highest BCUT2D eigenvalue weighted by Gasteiger charge is 2.20. The maximum absolute atomic E-state index is 12.2. The summed E-state index contributed by atoms with van der Waals surface area (Å²) in [6.45, 7) is -0.149.